The number of nitrogens with one attached hydrogen (secondary N) is 1. The zero-order valence-corrected chi connectivity index (χ0v) is 19.8. The Hall–Kier alpha value is -3.56. The first kappa shape index (κ1) is 21.9. The molecule has 3 aliphatic rings. The van der Waals surface area contributed by atoms with E-state index in [1.54, 1.807) is 36.0 Å². The Bertz CT molecular complexity index is 1270. The maximum Gasteiger partial charge on any atom is 0.265 e. The molecule has 0 spiro atoms. The predicted octanol–water partition coefficient (Wildman–Crippen LogP) is 2.92. The van der Waals surface area contributed by atoms with Crippen molar-refractivity contribution in [2.75, 3.05) is 26.2 Å². The molecule has 4 heterocycles. The third kappa shape index (κ3) is 3.90. The number of fused-ring (bicyclic) bond motifs is 2. The lowest BCUT2D eigenvalue weighted by molar-refractivity contribution is 0.0635. The van der Waals surface area contributed by atoms with Gasteiger partial charge in [-0.1, -0.05) is 24.3 Å². The highest BCUT2D eigenvalue weighted by molar-refractivity contribution is 7.11. The molecule has 0 bridgehead atoms. The summed E-state index contributed by atoms with van der Waals surface area (Å²) in [4.78, 5) is 46.4. The molecule has 0 aliphatic carbocycles. The van der Waals surface area contributed by atoms with Crippen LogP contribution in [0.3, 0.4) is 0 Å². The Kier molecular flexibility index (Phi) is 5.58. The number of hydrogen-bond donors (Lipinski definition) is 1. The van der Waals surface area contributed by atoms with Crippen LogP contribution in [0.2, 0.25) is 0 Å². The number of benzene rings is 2. The monoisotopic (exact) mass is 488 g/mol. The molecule has 6 rings (SSSR count). The molecule has 1 N–H and O–H groups in total. The van der Waals surface area contributed by atoms with E-state index in [4.69, 9.17) is 4.74 Å². The van der Waals surface area contributed by atoms with Gasteiger partial charge in [-0.05, 0) is 36.7 Å². The number of carbonyl (C=O) groups excluding carboxylic acids is 3. The van der Waals surface area contributed by atoms with Crippen molar-refractivity contribution >= 4 is 29.1 Å². The standard InChI is InChI=1S/C26H24N4O4S/c31-24-18-5-1-2-6-19(18)25(32)30(24)14-20-23-16(8-10-28-20)4-3-7-21(23)34-17-9-11-29(13-17)26(33)22-12-27-15-35-22/h1-7,12,15,17,20,28H,8-11,13-14H2/t17-,20+/m0/s1. The molecule has 8 nitrogen and oxygen atoms in total. The fourth-order valence-corrected chi connectivity index (χ4v) is 5.78. The molecule has 0 unspecified atom stereocenters. The summed E-state index contributed by atoms with van der Waals surface area (Å²) in [6.45, 7) is 2.13. The van der Waals surface area contributed by atoms with Crippen LogP contribution in [-0.2, 0) is 6.42 Å². The molecule has 35 heavy (non-hydrogen) atoms. The van der Waals surface area contributed by atoms with Gasteiger partial charge in [0.15, 0.2) is 0 Å². The summed E-state index contributed by atoms with van der Waals surface area (Å²) < 4.78 is 6.45. The number of nitrogens with zero attached hydrogens (tertiary/aromatic N) is 3. The van der Waals surface area contributed by atoms with Crippen LogP contribution in [-0.4, -0.2) is 64.8 Å². The third-order valence-electron chi connectivity index (χ3n) is 6.90. The van der Waals surface area contributed by atoms with Crippen LogP contribution in [0.4, 0.5) is 0 Å². The molecular weight excluding hydrogens is 464 g/mol. The van der Waals surface area contributed by atoms with Crippen molar-refractivity contribution in [1.82, 2.24) is 20.1 Å². The fraction of sp³-hybridized carbons (Fsp3) is 0.308. The summed E-state index contributed by atoms with van der Waals surface area (Å²) in [7, 11) is 0. The van der Waals surface area contributed by atoms with Crippen molar-refractivity contribution < 1.29 is 19.1 Å². The molecule has 1 fully saturated rings. The maximum absolute atomic E-state index is 13.0. The van der Waals surface area contributed by atoms with Crippen LogP contribution in [0.15, 0.2) is 54.2 Å². The van der Waals surface area contributed by atoms with Crippen LogP contribution in [0, 0.1) is 0 Å². The Morgan fingerprint density at radius 2 is 1.91 bits per heavy atom. The van der Waals surface area contributed by atoms with Gasteiger partial charge in [0.1, 0.15) is 16.7 Å². The highest BCUT2D eigenvalue weighted by Gasteiger charge is 2.38. The number of imide groups is 1. The second-order valence-electron chi connectivity index (χ2n) is 9.00. The van der Waals surface area contributed by atoms with Gasteiger partial charge in [-0.25, -0.2) is 0 Å². The van der Waals surface area contributed by atoms with Gasteiger partial charge in [0.05, 0.1) is 35.4 Å². The second-order valence-corrected chi connectivity index (χ2v) is 9.88. The van der Waals surface area contributed by atoms with Crippen molar-refractivity contribution in [2.24, 2.45) is 0 Å². The van der Waals surface area contributed by atoms with Gasteiger partial charge in [0.25, 0.3) is 17.7 Å². The van der Waals surface area contributed by atoms with Crippen molar-refractivity contribution in [1.29, 1.82) is 0 Å². The van der Waals surface area contributed by atoms with Crippen LogP contribution in [0.1, 0.15) is 54.0 Å². The summed E-state index contributed by atoms with van der Waals surface area (Å²) in [5.41, 5.74) is 4.71. The van der Waals surface area contributed by atoms with E-state index >= 15 is 0 Å². The van der Waals surface area contributed by atoms with Crippen molar-refractivity contribution in [2.45, 2.75) is 25.0 Å². The minimum atomic E-state index is -0.258. The maximum atomic E-state index is 13.0. The fourth-order valence-electron chi connectivity index (χ4n) is 5.20. The average molecular weight is 489 g/mol. The van der Waals surface area contributed by atoms with Gasteiger partial charge in [-0.2, -0.15) is 0 Å². The molecule has 1 saturated heterocycles. The molecule has 2 aromatic carbocycles. The molecule has 3 aromatic rings. The number of ether oxygens (including phenoxy) is 1. The van der Waals surface area contributed by atoms with E-state index in [2.05, 4.69) is 16.4 Å². The van der Waals surface area contributed by atoms with E-state index in [1.807, 2.05) is 17.0 Å². The molecule has 2 atom stereocenters. The number of carbonyl (C=O) groups is 3. The SMILES string of the molecule is O=C(c1cncs1)N1CC[C@H](Oc2cccc3c2[C@@H](CN2C(=O)c4ccccc4C2=O)NCC3)C1. The summed E-state index contributed by atoms with van der Waals surface area (Å²) in [5.74, 6) is 0.212. The highest BCUT2D eigenvalue weighted by atomic mass is 32.1. The van der Waals surface area contributed by atoms with Crippen LogP contribution < -0.4 is 10.1 Å². The van der Waals surface area contributed by atoms with Gasteiger partial charge in [0, 0.05) is 25.1 Å². The highest BCUT2D eigenvalue weighted by Crippen LogP contribution is 2.35. The van der Waals surface area contributed by atoms with Crippen molar-refractivity contribution in [3.63, 3.8) is 0 Å². The quantitative estimate of drug-likeness (QED) is 0.556. The van der Waals surface area contributed by atoms with E-state index in [-0.39, 0.29) is 36.4 Å². The lowest BCUT2D eigenvalue weighted by atomic mass is 9.93. The molecule has 0 saturated carbocycles. The summed E-state index contributed by atoms with van der Waals surface area (Å²) in [6.07, 6.45) is 3.06. The zero-order chi connectivity index (χ0) is 23.9. The van der Waals surface area contributed by atoms with Gasteiger partial charge in [0.2, 0.25) is 0 Å². The molecule has 178 valence electrons. The van der Waals surface area contributed by atoms with E-state index in [9.17, 15) is 14.4 Å². The molecule has 3 amide bonds. The Morgan fingerprint density at radius 3 is 2.66 bits per heavy atom. The number of thiazole rings is 1. The first-order valence-corrected chi connectivity index (χ1v) is 12.6. The third-order valence-corrected chi connectivity index (χ3v) is 7.66. The van der Waals surface area contributed by atoms with Crippen molar-refractivity contribution in [3.05, 3.63) is 81.3 Å². The topological polar surface area (TPSA) is 91.8 Å². The number of likely N-dealkylation sites (tertiary alicyclic amines) is 1. The Morgan fingerprint density at radius 1 is 1.11 bits per heavy atom. The van der Waals surface area contributed by atoms with Gasteiger partial charge in [-0.3, -0.25) is 24.3 Å². The largest absolute Gasteiger partial charge is 0.488 e. The minimum absolute atomic E-state index is 0.0149. The first-order valence-electron chi connectivity index (χ1n) is 11.7. The van der Waals surface area contributed by atoms with Crippen LogP contribution in [0.25, 0.3) is 0 Å². The van der Waals surface area contributed by atoms with E-state index in [1.165, 1.54) is 16.2 Å². The molecule has 1 aromatic heterocycles. The minimum Gasteiger partial charge on any atom is -0.488 e. The average Bonchev–Trinajstić information content (AvgIpc) is 3.63. The number of amides is 3. The predicted molar refractivity (Wildman–Crippen MR) is 130 cm³/mol. The summed E-state index contributed by atoms with van der Waals surface area (Å²) in [5, 5.41) is 3.48. The number of hydrogen-bond acceptors (Lipinski definition) is 7. The van der Waals surface area contributed by atoms with Gasteiger partial charge < -0.3 is 15.0 Å². The van der Waals surface area contributed by atoms with Gasteiger partial charge in [-0.15, -0.1) is 11.3 Å². The molecule has 3 aliphatic heterocycles. The number of rotatable bonds is 5. The second kappa shape index (κ2) is 8.90. The smallest absolute Gasteiger partial charge is 0.265 e. The molecular formula is C26H24N4O4S. The number of aromatic nitrogens is 1. The molecule has 0 radical (unpaired) electrons. The Labute approximate surface area is 206 Å². The lowest BCUT2D eigenvalue weighted by Gasteiger charge is -2.32. The van der Waals surface area contributed by atoms with Gasteiger partial charge >= 0.3 is 0 Å². The summed E-state index contributed by atoms with van der Waals surface area (Å²) >= 11 is 1.34. The van der Waals surface area contributed by atoms with Crippen molar-refractivity contribution in [3.8, 4) is 5.75 Å². The van der Waals surface area contributed by atoms with Crippen LogP contribution >= 0.6 is 11.3 Å². The van der Waals surface area contributed by atoms with E-state index in [0.29, 0.717) is 29.1 Å². The zero-order valence-electron chi connectivity index (χ0n) is 19.0. The normalized spacial score (nSPS) is 21.3. The van der Waals surface area contributed by atoms with E-state index in [0.717, 1.165) is 36.3 Å². The first-order chi connectivity index (χ1) is 17.1. The lowest BCUT2D eigenvalue weighted by Crippen LogP contribution is -2.41. The Balaban J connectivity index is 1.21. The molecule has 9 heteroatoms. The van der Waals surface area contributed by atoms with E-state index < -0.39 is 0 Å². The van der Waals surface area contributed by atoms with Crippen LogP contribution in [0.5, 0.6) is 5.75 Å². The summed E-state index contributed by atoms with van der Waals surface area (Å²) in [6, 6.07) is 12.7.